The first-order valence-corrected chi connectivity index (χ1v) is 5.26. The molecular formula is C13H14N2O2. The van der Waals surface area contributed by atoms with Crippen LogP contribution in [0, 0.1) is 0 Å². The van der Waals surface area contributed by atoms with Gasteiger partial charge >= 0.3 is 0 Å². The first-order chi connectivity index (χ1) is 8.18. The van der Waals surface area contributed by atoms with E-state index in [1.807, 2.05) is 6.07 Å². The predicted molar refractivity (Wildman–Crippen MR) is 68.0 cm³/mol. The molecule has 4 nitrogen and oxygen atoms in total. The SMILES string of the molecule is Nc1cccc(O)c1CNc1ccccc1O. The van der Waals surface area contributed by atoms with E-state index in [0.717, 1.165) is 0 Å². The minimum Gasteiger partial charge on any atom is -0.508 e. The molecule has 0 unspecified atom stereocenters. The molecule has 2 aromatic carbocycles. The van der Waals surface area contributed by atoms with Crippen molar-refractivity contribution in [3.05, 3.63) is 48.0 Å². The van der Waals surface area contributed by atoms with Gasteiger partial charge in [-0.25, -0.2) is 0 Å². The van der Waals surface area contributed by atoms with Gasteiger partial charge < -0.3 is 21.3 Å². The van der Waals surface area contributed by atoms with Gasteiger partial charge in [0.15, 0.2) is 0 Å². The van der Waals surface area contributed by atoms with Gasteiger partial charge in [0, 0.05) is 17.8 Å². The van der Waals surface area contributed by atoms with Gasteiger partial charge in [-0.2, -0.15) is 0 Å². The summed E-state index contributed by atoms with van der Waals surface area (Å²) in [5.41, 5.74) is 7.51. The van der Waals surface area contributed by atoms with E-state index in [9.17, 15) is 10.2 Å². The summed E-state index contributed by atoms with van der Waals surface area (Å²) in [6.07, 6.45) is 0. The molecule has 0 bridgehead atoms. The second kappa shape index (κ2) is 4.65. The minimum absolute atomic E-state index is 0.146. The molecule has 0 saturated carbocycles. The van der Waals surface area contributed by atoms with Crippen LogP contribution in [0.5, 0.6) is 11.5 Å². The van der Waals surface area contributed by atoms with E-state index in [-0.39, 0.29) is 11.5 Å². The largest absolute Gasteiger partial charge is 0.508 e. The molecule has 0 aromatic heterocycles. The average molecular weight is 230 g/mol. The smallest absolute Gasteiger partial charge is 0.138 e. The summed E-state index contributed by atoms with van der Waals surface area (Å²) in [5, 5.41) is 22.2. The number of aromatic hydroxyl groups is 2. The number of para-hydroxylation sites is 2. The molecule has 88 valence electrons. The van der Waals surface area contributed by atoms with Crippen molar-refractivity contribution < 1.29 is 10.2 Å². The van der Waals surface area contributed by atoms with E-state index >= 15 is 0 Å². The fourth-order valence-corrected chi connectivity index (χ4v) is 1.59. The van der Waals surface area contributed by atoms with Crippen LogP contribution in [0.4, 0.5) is 11.4 Å². The summed E-state index contributed by atoms with van der Waals surface area (Å²) < 4.78 is 0. The van der Waals surface area contributed by atoms with Gasteiger partial charge in [-0.15, -0.1) is 0 Å². The lowest BCUT2D eigenvalue weighted by Gasteiger charge is -2.11. The van der Waals surface area contributed by atoms with Crippen molar-refractivity contribution in [2.24, 2.45) is 0 Å². The van der Waals surface area contributed by atoms with Crippen LogP contribution in [-0.4, -0.2) is 10.2 Å². The Hall–Kier alpha value is -2.36. The molecular weight excluding hydrogens is 216 g/mol. The third kappa shape index (κ3) is 2.42. The minimum atomic E-state index is 0.146. The van der Waals surface area contributed by atoms with E-state index in [4.69, 9.17) is 5.73 Å². The fourth-order valence-electron chi connectivity index (χ4n) is 1.59. The molecule has 2 aromatic rings. The Bertz CT molecular complexity index is 506. The second-order valence-electron chi connectivity index (χ2n) is 3.72. The molecule has 0 saturated heterocycles. The molecule has 0 spiro atoms. The summed E-state index contributed by atoms with van der Waals surface area (Å²) in [6, 6.07) is 11.9. The number of nitrogen functional groups attached to an aromatic ring is 1. The van der Waals surface area contributed by atoms with Crippen LogP contribution in [0.15, 0.2) is 42.5 Å². The molecule has 17 heavy (non-hydrogen) atoms. The van der Waals surface area contributed by atoms with E-state index in [1.54, 1.807) is 36.4 Å². The highest BCUT2D eigenvalue weighted by Crippen LogP contribution is 2.26. The maximum absolute atomic E-state index is 9.66. The van der Waals surface area contributed by atoms with Gasteiger partial charge in [0.2, 0.25) is 0 Å². The quantitative estimate of drug-likeness (QED) is 0.482. The maximum Gasteiger partial charge on any atom is 0.138 e. The fraction of sp³-hybridized carbons (Fsp3) is 0.0769. The number of benzene rings is 2. The first-order valence-electron chi connectivity index (χ1n) is 5.26. The molecule has 0 radical (unpaired) electrons. The number of phenols is 2. The molecule has 0 aliphatic heterocycles. The van der Waals surface area contributed by atoms with E-state index in [1.165, 1.54) is 0 Å². The maximum atomic E-state index is 9.66. The molecule has 0 atom stereocenters. The van der Waals surface area contributed by atoms with Crippen LogP contribution < -0.4 is 11.1 Å². The summed E-state index contributed by atoms with van der Waals surface area (Å²) in [7, 11) is 0. The third-order valence-corrected chi connectivity index (χ3v) is 2.55. The van der Waals surface area contributed by atoms with Gasteiger partial charge in [0.25, 0.3) is 0 Å². The van der Waals surface area contributed by atoms with Gasteiger partial charge in [0.05, 0.1) is 5.69 Å². The lowest BCUT2D eigenvalue weighted by Crippen LogP contribution is -2.03. The highest BCUT2D eigenvalue weighted by molar-refractivity contribution is 5.59. The highest BCUT2D eigenvalue weighted by atomic mass is 16.3. The van der Waals surface area contributed by atoms with Crippen molar-refractivity contribution in [2.75, 3.05) is 11.1 Å². The van der Waals surface area contributed by atoms with Crippen LogP contribution in [0.25, 0.3) is 0 Å². The monoisotopic (exact) mass is 230 g/mol. The number of anilines is 2. The van der Waals surface area contributed by atoms with Crippen molar-refractivity contribution in [1.29, 1.82) is 0 Å². The summed E-state index contributed by atoms with van der Waals surface area (Å²) in [4.78, 5) is 0. The number of hydrogen-bond donors (Lipinski definition) is 4. The molecule has 2 rings (SSSR count). The number of nitrogens with one attached hydrogen (secondary N) is 1. The normalized spacial score (nSPS) is 10.1. The van der Waals surface area contributed by atoms with Gasteiger partial charge in [-0.1, -0.05) is 18.2 Å². The molecule has 0 aliphatic carbocycles. The van der Waals surface area contributed by atoms with Crippen molar-refractivity contribution >= 4 is 11.4 Å². The van der Waals surface area contributed by atoms with Crippen molar-refractivity contribution in [2.45, 2.75) is 6.54 Å². The molecule has 0 aliphatic rings. The van der Waals surface area contributed by atoms with Crippen LogP contribution in [0.3, 0.4) is 0 Å². The Morgan fingerprint density at radius 1 is 0.941 bits per heavy atom. The van der Waals surface area contributed by atoms with Crippen molar-refractivity contribution in [1.82, 2.24) is 0 Å². The molecule has 0 fully saturated rings. The first kappa shape index (κ1) is 11.1. The molecule has 0 heterocycles. The number of hydrogen-bond acceptors (Lipinski definition) is 4. The van der Waals surface area contributed by atoms with Crippen LogP contribution in [-0.2, 0) is 6.54 Å². The van der Waals surface area contributed by atoms with E-state index in [2.05, 4.69) is 5.32 Å². The van der Waals surface area contributed by atoms with Crippen molar-refractivity contribution in [3.63, 3.8) is 0 Å². The lowest BCUT2D eigenvalue weighted by atomic mass is 10.1. The van der Waals surface area contributed by atoms with Gasteiger partial charge in [-0.05, 0) is 24.3 Å². The molecule has 4 heteroatoms. The summed E-state index contributed by atoms with van der Waals surface area (Å²) in [6.45, 7) is 0.357. The summed E-state index contributed by atoms with van der Waals surface area (Å²) in [5.74, 6) is 0.314. The Kier molecular flexibility index (Phi) is 3.05. The average Bonchev–Trinajstić information content (AvgIpc) is 2.30. The van der Waals surface area contributed by atoms with Crippen LogP contribution in [0.1, 0.15) is 5.56 Å². The van der Waals surface area contributed by atoms with Gasteiger partial charge in [-0.3, -0.25) is 0 Å². The number of nitrogens with two attached hydrogens (primary N) is 1. The zero-order valence-corrected chi connectivity index (χ0v) is 9.22. The predicted octanol–water partition coefficient (Wildman–Crippen LogP) is 2.29. The number of rotatable bonds is 3. The van der Waals surface area contributed by atoms with Crippen LogP contribution in [0.2, 0.25) is 0 Å². The highest BCUT2D eigenvalue weighted by Gasteiger charge is 2.06. The molecule has 5 N–H and O–H groups in total. The third-order valence-electron chi connectivity index (χ3n) is 2.55. The van der Waals surface area contributed by atoms with Crippen LogP contribution >= 0.6 is 0 Å². The lowest BCUT2D eigenvalue weighted by molar-refractivity contribution is 0.468. The van der Waals surface area contributed by atoms with Crippen molar-refractivity contribution in [3.8, 4) is 11.5 Å². The zero-order valence-electron chi connectivity index (χ0n) is 9.22. The van der Waals surface area contributed by atoms with Gasteiger partial charge in [0.1, 0.15) is 11.5 Å². The Morgan fingerprint density at radius 2 is 1.65 bits per heavy atom. The standard InChI is InChI=1S/C13H14N2O2/c14-10-4-3-7-12(16)9(10)8-15-11-5-1-2-6-13(11)17/h1-7,15-17H,8,14H2. The molecule has 0 amide bonds. The van der Waals surface area contributed by atoms with E-state index in [0.29, 0.717) is 23.5 Å². The second-order valence-corrected chi connectivity index (χ2v) is 3.72. The number of phenolic OH excluding ortho intramolecular Hbond substituents is 2. The Labute approximate surface area is 99.3 Å². The Balaban J connectivity index is 2.16. The zero-order chi connectivity index (χ0) is 12.3. The van der Waals surface area contributed by atoms with E-state index < -0.39 is 0 Å². The Morgan fingerprint density at radius 3 is 2.35 bits per heavy atom. The summed E-state index contributed by atoms with van der Waals surface area (Å²) >= 11 is 0. The topological polar surface area (TPSA) is 78.5 Å².